The Morgan fingerprint density at radius 3 is 2.53 bits per heavy atom. The van der Waals surface area contributed by atoms with Gasteiger partial charge in [0.15, 0.2) is 0 Å². The van der Waals surface area contributed by atoms with Crippen LogP contribution in [0.15, 0.2) is 29.2 Å². The Morgan fingerprint density at radius 1 is 1.42 bits per heavy atom. The maximum absolute atomic E-state index is 11.9. The van der Waals surface area contributed by atoms with Crippen molar-refractivity contribution in [1.29, 1.82) is 5.26 Å². The molecule has 2 N–H and O–H groups in total. The third-order valence-corrected chi connectivity index (χ3v) is 4.16. The molecule has 0 radical (unpaired) electrons. The lowest BCUT2D eigenvalue weighted by molar-refractivity contribution is -0.113. The summed E-state index contributed by atoms with van der Waals surface area (Å²) in [7, 11) is -0.771. The zero-order valence-electron chi connectivity index (χ0n) is 10.5. The quantitative estimate of drug-likeness (QED) is 0.800. The Morgan fingerprint density at radius 2 is 2.05 bits per heavy atom. The van der Waals surface area contributed by atoms with Crippen molar-refractivity contribution >= 4 is 22.0 Å². The molecule has 0 aromatic heterocycles. The van der Waals surface area contributed by atoms with Crippen molar-refractivity contribution in [1.82, 2.24) is 4.31 Å². The highest BCUT2D eigenvalue weighted by Gasteiger charge is 2.18. The standard InChI is InChI=1S/C12H13N3O3S/c1-15(2)19(17,18)11-5-3-10(8-13)9(7-11)4-6-12(14)16/h3-7H,1-2H3,(H2,14,16)/b6-4+. The van der Waals surface area contributed by atoms with E-state index in [0.717, 1.165) is 10.4 Å². The van der Waals surface area contributed by atoms with E-state index >= 15 is 0 Å². The number of hydrogen-bond donors (Lipinski definition) is 1. The van der Waals surface area contributed by atoms with E-state index in [1.165, 1.54) is 38.4 Å². The molecule has 0 bridgehead atoms. The molecule has 0 saturated carbocycles. The van der Waals surface area contributed by atoms with Crippen LogP contribution in [0.4, 0.5) is 0 Å². The van der Waals surface area contributed by atoms with E-state index in [1.54, 1.807) is 0 Å². The number of primary amides is 1. The van der Waals surface area contributed by atoms with Gasteiger partial charge in [-0.2, -0.15) is 5.26 Å². The summed E-state index contributed by atoms with van der Waals surface area (Å²) >= 11 is 0. The molecule has 7 heteroatoms. The number of rotatable bonds is 4. The average molecular weight is 279 g/mol. The number of nitrogens with zero attached hydrogens (tertiary/aromatic N) is 2. The molecule has 1 aromatic carbocycles. The predicted octanol–water partition coefficient (Wildman–Crippen LogP) is 0.307. The van der Waals surface area contributed by atoms with Crippen LogP contribution >= 0.6 is 0 Å². The lowest BCUT2D eigenvalue weighted by atomic mass is 10.1. The predicted molar refractivity (Wildman–Crippen MR) is 70.3 cm³/mol. The highest BCUT2D eigenvalue weighted by molar-refractivity contribution is 7.89. The van der Waals surface area contributed by atoms with Crippen molar-refractivity contribution in [2.75, 3.05) is 14.1 Å². The Bertz CT molecular complexity index is 670. The number of nitrogens with two attached hydrogens (primary N) is 1. The van der Waals surface area contributed by atoms with E-state index in [1.807, 2.05) is 6.07 Å². The first-order valence-electron chi connectivity index (χ1n) is 5.23. The molecule has 0 spiro atoms. The maximum Gasteiger partial charge on any atom is 0.242 e. The van der Waals surface area contributed by atoms with Crippen LogP contribution < -0.4 is 5.73 Å². The number of hydrogen-bond acceptors (Lipinski definition) is 4. The van der Waals surface area contributed by atoms with E-state index in [2.05, 4.69) is 0 Å². The van der Waals surface area contributed by atoms with E-state index in [0.29, 0.717) is 5.56 Å². The molecule has 0 atom stereocenters. The normalized spacial score (nSPS) is 11.7. The molecule has 1 aromatic rings. The Hall–Kier alpha value is -2.17. The summed E-state index contributed by atoms with van der Waals surface area (Å²) in [5.74, 6) is -0.676. The molecule has 6 nitrogen and oxygen atoms in total. The first kappa shape index (κ1) is 14.9. The topological polar surface area (TPSA) is 104 Å². The van der Waals surface area contributed by atoms with Crippen LogP contribution in [-0.2, 0) is 14.8 Å². The SMILES string of the molecule is CN(C)S(=O)(=O)c1ccc(C#N)c(/C=C/C(N)=O)c1. The number of carbonyl (C=O) groups excluding carboxylic acids is 1. The molecule has 0 heterocycles. The molecule has 1 amide bonds. The molecule has 1 rings (SSSR count). The summed E-state index contributed by atoms with van der Waals surface area (Å²) in [5, 5.41) is 8.93. The second-order valence-corrected chi connectivity index (χ2v) is 6.04. The fourth-order valence-electron chi connectivity index (χ4n) is 1.32. The Balaban J connectivity index is 3.40. The number of sulfonamides is 1. The largest absolute Gasteiger partial charge is 0.366 e. The summed E-state index contributed by atoms with van der Waals surface area (Å²) in [5.41, 5.74) is 5.55. The van der Waals surface area contributed by atoms with Crippen molar-refractivity contribution < 1.29 is 13.2 Å². The second-order valence-electron chi connectivity index (χ2n) is 3.88. The number of carbonyl (C=O) groups is 1. The Kier molecular flexibility index (Phi) is 4.43. The zero-order valence-corrected chi connectivity index (χ0v) is 11.3. The number of amides is 1. The van der Waals surface area contributed by atoms with Crippen molar-refractivity contribution in [3.8, 4) is 6.07 Å². The van der Waals surface area contributed by atoms with Gasteiger partial charge in [-0.3, -0.25) is 4.79 Å². The highest BCUT2D eigenvalue weighted by Crippen LogP contribution is 2.19. The van der Waals surface area contributed by atoms with Crippen molar-refractivity contribution in [2.24, 2.45) is 5.73 Å². The van der Waals surface area contributed by atoms with Gasteiger partial charge < -0.3 is 5.73 Å². The van der Waals surface area contributed by atoms with Crippen molar-refractivity contribution in [3.05, 3.63) is 35.4 Å². The minimum absolute atomic E-state index is 0.0422. The van der Waals surface area contributed by atoms with Crippen molar-refractivity contribution in [3.63, 3.8) is 0 Å². The van der Waals surface area contributed by atoms with E-state index in [-0.39, 0.29) is 10.5 Å². The molecule has 0 aliphatic rings. The van der Waals surface area contributed by atoms with E-state index in [4.69, 9.17) is 11.0 Å². The molecule has 19 heavy (non-hydrogen) atoms. The molecular formula is C12H13N3O3S. The monoisotopic (exact) mass is 279 g/mol. The van der Waals surface area contributed by atoms with Crippen LogP contribution in [0.1, 0.15) is 11.1 Å². The van der Waals surface area contributed by atoms with Gasteiger partial charge in [-0.25, -0.2) is 12.7 Å². The summed E-state index contributed by atoms with van der Waals surface area (Å²) < 4.78 is 25.0. The first-order valence-corrected chi connectivity index (χ1v) is 6.67. The smallest absolute Gasteiger partial charge is 0.242 e. The fourth-order valence-corrected chi connectivity index (χ4v) is 2.26. The summed E-state index contributed by atoms with van der Waals surface area (Å²) in [6.45, 7) is 0. The van der Waals surface area contributed by atoms with Gasteiger partial charge in [0.05, 0.1) is 16.5 Å². The van der Waals surface area contributed by atoms with Gasteiger partial charge in [0, 0.05) is 20.2 Å². The van der Waals surface area contributed by atoms with Crippen LogP contribution in [0.3, 0.4) is 0 Å². The molecule has 0 unspecified atom stereocenters. The lowest BCUT2D eigenvalue weighted by Gasteiger charge is -2.12. The number of nitriles is 1. The van der Waals surface area contributed by atoms with Gasteiger partial charge in [-0.05, 0) is 29.8 Å². The summed E-state index contributed by atoms with van der Waals surface area (Å²) in [6, 6.07) is 5.97. The van der Waals surface area contributed by atoms with Crippen LogP contribution in [0, 0.1) is 11.3 Å². The first-order chi connectivity index (χ1) is 8.78. The molecule has 100 valence electrons. The van der Waals surface area contributed by atoms with Gasteiger partial charge in [-0.1, -0.05) is 0 Å². The third-order valence-electron chi connectivity index (χ3n) is 2.35. The van der Waals surface area contributed by atoms with Crippen molar-refractivity contribution in [2.45, 2.75) is 4.90 Å². The highest BCUT2D eigenvalue weighted by atomic mass is 32.2. The van der Waals surface area contributed by atoms with E-state index < -0.39 is 15.9 Å². The number of benzene rings is 1. The third kappa shape index (κ3) is 3.40. The van der Waals surface area contributed by atoms with Gasteiger partial charge in [-0.15, -0.1) is 0 Å². The van der Waals surface area contributed by atoms with Gasteiger partial charge in [0.1, 0.15) is 0 Å². The van der Waals surface area contributed by atoms with E-state index in [9.17, 15) is 13.2 Å². The maximum atomic E-state index is 11.9. The second kappa shape index (κ2) is 5.65. The minimum Gasteiger partial charge on any atom is -0.366 e. The average Bonchev–Trinajstić information content (AvgIpc) is 2.35. The van der Waals surface area contributed by atoms with Gasteiger partial charge in [0.2, 0.25) is 15.9 Å². The molecule has 0 aliphatic carbocycles. The molecule has 0 aliphatic heterocycles. The molecular weight excluding hydrogens is 266 g/mol. The lowest BCUT2D eigenvalue weighted by Crippen LogP contribution is -2.22. The van der Waals surface area contributed by atoms with Crippen LogP contribution in [0.2, 0.25) is 0 Å². The summed E-state index contributed by atoms with van der Waals surface area (Å²) in [6.07, 6.45) is 2.39. The van der Waals surface area contributed by atoms with Gasteiger partial charge in [0.25, 0.3) is 0 Å². The fraction of sp³-hybridized carbons (Fsp3) is 0.167. The van der Waals surface area contributed by atoms with Crippen LogP contribution in [-0.4, -0.2) is 32.7 Å². The zero-order chi connectivity index (χ0) is 14.6. The van der Waals surface area contributed by atoms with Gasteiger partial charge >= 0.3 is 0 Å². The summed E-state index contributed by atoms with van der Waals surface area (Å²) in [4.78, 5) is 10.7. The molecule has 0 fully saturated rings. The van der Waals surface area contributed by atoms with Crippen LogP contribution in [0.25, 0.3) is 6.08 Å². The van der Waals surface area contributed by atoms with Crippen LogP contribution in [0.5, 0.6) is 0 Å². The Labute approximate surface area is 111 Å². The minimum atomic E-state index is -3.59. The molecule has 0 saturated heterocycles.